The average Bonchev–Trinajstić information content (AvgIpc) is 3.01. The third kappa shape index (κ3) is 2.71. The van der Waals surface area contributed by atoms with Gasteiger partial charge in [0.05, 0.1) is 17.2 Å². The van der Waals surface area contributed by atoms with Crippen LogP contribution in [0.1, 0.15) is 11.8 Å². The molecule has 5 nitrogen and oxygen atoms in total. The Labute approximate surface area is 125 Å². The molecule has 0 spiro atoms. The van der Waals surface area contributed by atoms with Crippen LogP contribution in [-0.4, -0.2) is 15.8 Å². The number of nitrogens with one attached hydrogen (secondary N) is 1. The fourth-order valence-electron chi connectivity index (χ4n) is 2.10. The van der Waals surface area contributed by atoms with Crippen LogP contribution in [-0.2, 0) is 6.54 Å². The Bertz CT molecular complexity index is 837. The lowest BCUT2D eigenvalue weighted by Crippen LogP contribution is -2.23. The van der Waals surface area contributed by atoms with Crippen LogP contribution in [0.3, 0.4) is 0 Å². The Balaban J connectivity index is 1.99. The maximum Gasteiger partial charge on any atom is 0.295 e. The Morgan fingerprint density at radius 1 is 1.33 bits per heavy atom. The second-order valence-electron chi connectivity index (χ2n) is 4.38. The summed E-state index contributed by atoms with van der Waals surface area (Å²) in [6.07, 6.45) is 1.68. The van der Waals surface area contributed by atoms with Crippen LogP contribution < -0.4 is 11.0 Å². The van der Waals surface area contributed by atoms with Gasteiger partial charge in [-0.15, -0.1) is 11.3 Å². The summed E-state index contributed by atoms with van der Waals surface area (Å²) in [7, 11) is 0. The largest absolute Gasteiger partial charge is 0.304 e. The quantitative estimate of drug-likeness (QED) is 0.595. The number of anilines is 1. The molecule has 3 aromatic rings. The van der Waals surface area contributed by atoms with Crippen LogP contribution in [0.25, 0.3) is 11.0 Å². The number of aryl methyl sites for hydroxylation is 1. The van der Waals surface area contributed by atoms with E-state index in [0.29, 0.717) is 6.54 Å². The molecule has 2 heterocycles. The number of rotatable bonds is 4. The molecule has 3 rings (SSSR count). The SMILES string of the molecule is CCn1c(=O)c(N/N=C/c2cccs2)nc2ccccc21. The van der Waals surface area contributed by atoms with Crippen LogP contribution in [0.5, 0.6) is 0 Å². The van der Waals surface area contributed by atoms with Crippen molar-refractivity contribution in [3.8, 4) is 0 Å². The summed E-state index contributed by atoms with van der Waals surface area (Å²) in [6.45, 7) is 2.53. The molecule has 1 aromatic carbocycles. The van der Waals surface area contributed by atoms with E-state index in [1.807, 2.05) is 48.7 Å². The molecule has 0 radical (unpaired) electrons. The maximum atomic E-state index is 12.4. The van der Waals surface area contributed by atoms with Crippen LogP contribution in [0.2, 0.25) is 0 Å². The first-order chi connectivity index (χ1) is 10.3. The molecule has 0 fully saturated rings. The number of aromatic nitrogens is 2. The third-order valence-electron chi connectivity index (χ3n) is 3.07. The smallest absolute Gasteiger partial charge is 0.295 e. The predicted octanol–water partition coefficient (Wildman–Crippen LogP) is 2.92. The topological polar surface area (TPSA) is 59.3 Å². The molecule has 0 unspecified atom stereocenters. The molecular formula is C15H14N4OS. The van der Waals surface area contributed by atoms with E-state index >= 15 is 0 Å². The minimum atomic E-state index is -0.167. The van der Waals surface area contributed by atoms with Crippen molar-refractivity contribution in [2.45, 2.75) is 13.5 Å². The van der Waals surface area contributed by atoms with Gasteiger partial charge in [-0.3, -0.25) is 10.2 Å². The minimum Gasteiger partial charge on any atom is -0.304 e. The Hall–Kier alpha value is -2.47. The maximum absolute atomic E-state index is 12.4. The molecule has 0 aliphatic carbocycles. The number of fused-ring (bicyclic) bond motifs is 1. The lowest BCUT2D eigenvalue weighted by molar-refractivity contribution is 0.754. The standard InChI is InChI=1S/C15H14N4OS/c1-2-19-13-8-4-3-7-12(13)17-14(15(19)20)18-16-10-11-6-5-9-21-11/h3-10H,2H2,1H3,(H,17,18)/b16-10+. The van der Waals surface area contributed by atoms with E-state index < -0.39 is 0 Å². The summed E-state index contributed by atoms with van der Waals surface area (Å²) >= 11 is 1.58. The number of para-hydroxylation sites is 2. The van der Waals surface area contributed by atoms with Crippen LogP contribution in [0, 0.1) is 0 Å². The van der Waals surface area contributed by atoms with E-state index in [1.54, 1.807) is 22.1 Å². The first kappa shape index (κ1) is 13.5. The van der Waals surface area contributed by atoms with Gasteiger partial charge >= 0.3 is 0 Å². The molecule has 106 valence electrons. The van der Waals surface area contributed by atoms with E-state index in [0.717, 1.165) is 15.9 Å². The molecule has 0 amide bonds. The highest BCUT2D eigenvalue weighted by Crippen LogP contribution is 2.12. The third-order valence-corrected chi connectivity index (χ3v) is 3.88. The number of nitrogens with zero attached hydrogens (tertiary/aromatic N) is 3. The zero-order valence-electron chi connectivity index (χ0n) is 11.5. The molecule has 6 heteroatoms. The molecular weight excluding hydrogens is 284 g/mol. The first-order valence-corrected chi connectivity index (χ1v) is 7.49. The van der Waals surface area contributed by atoms with Crippen molar-refractivity contribution in [2.24, 2.45) is 5.10 Å². The van der Waals surface area contributed by atoms with Gasteiger partial charge in [-0.25, -0.2) is 4.98 Å². The van der Waals surface area contributed by atoms with Gasteiger partial charge in [-0.2, -0.15) is 5.10 Å². The van der Waals surface area contributed by atoms with Crippen molar-refractivity contribution in [3.05, 3.63) is 57.0 Å². The Morgan fingerprint density at radius 2 is 2.19 bits per heavy atom. The molecule has 0 atom stereocenters. The van der Waals surface area contributed by atoms with Crippen molar-refractivity contribution in [1.82, 2.24) is 9.55 Å². The van der Waals surface area contributed by atoms with Gasteiger partial charge in [0.2, 0.25) is 5.82 Å². The minimum absolute atomic E-state index is 0.167. The van der Waals surface area contributed by atoms with Gasteiger partial charge in [0, 0.05) is 11.4 Å². The van der Waals surface area contributed by atoms with E-state index in [-0.39, 0.29) is 11.4 Å². The number of hydrazone groups is 1. The molecule has 21 heavy (non-hydrogen) atoms. The molecule has 2 aromatic heterocycles. The molecule has 1 N–H and O–H groups in total. The van der Waals surface area contributed by atoms with Crippen molar-refractivity contribution in [2.75, 3.05) is 5.43 Å². The van der Waals surface area contributed by atoms with Gasteiger partial charge in [0.1, 0.15) is 0 Å². The highest BCUT2D eigenvalue weighted by atomic mass is 32.1. The van der Waals surface area contributed by atoms with Gasteiger partial charge in [-0.1, -0.05) is 18.2 Å². The highest BCUT2D eigenvalue weighted by molar-refractivity contribution is 7.11. The highest BCUT2D eigenvalue weighted by Gasteiger charge is 2.08. The predicted molar refractivity (Wildman–Crippen MR) is 87.2 cm³/mol. The van der Waals surface area contributed by atoms with Crippen molar-refractivity contribution in [1.29, 1.82) is 0 Å². The molecule has 0 aliphatic heterocycles. The lowest BCUT2D eigenvalue weighted by Gasteiger charge is -2.09. The second kappa shape index (κ2) is 5.88. The number of hydrogen-bond acceptors (Lipinski definition) is 5. The fourth-order valence-corrected chi connectivity index (χ4v) is 2.69. The van der Waals surface area contributed by atoms with E-state index in [9.17, 15) is 4.79 Å². The van der Waals surface area contributed by atoms with Gasteiger partial charge in [0.15, 0.2) is 0 Å². The summed E-state index contributed by atoms with van der Waals surface area (Å²) in [5.74, 6) is 0.239. The Kier molecular flexibility index (Phi) is 3.79. The number of benzene rings is 1. The van der Waals surface area contributed by atoms with Crippen molar-refractivity contribution >= 4 is 34.4 Å². The monoisotopic (exact) mass is 298 g/mol. The average molecular weight is 298 g/mol. The zero-order chi connectivity index (χ0) is 14.7. The summed E-state index contributed by atoms with van der Waals surface area (Å²) in [6, 6.07) is 11.5. The van der Waals surface area contributed by atoms with Crippen LogP contribution in [0.4, 0.5) is 5.82 Å². The Morgan fingerprint density at radius 3 is 2.95 bits per heavy atom. The van der Waals surface area contributed by atoms with Crippen LogP contribution >= 0.6 is 11.3 Å². The molecule has 0 bridgehead atoms. The zero-order valence-corrected chi connectivity index (χ0v) is 12.3. The van der Waals surface area contributed by atoms with E-state index in [2.05, 4.69) is 15.5 Å². The molecule has 0 aliphatic rings. The van der Waals surface area contributed by atoms with E-state index in [1.165, 1.54) is 0 Å². The summed E-state index contributed by atoms with van der Waals surface area (Å²) in [5, 5.41) is 6.06. The van der Waals surface area contributed by atoms with Gasteiger partial charge < -0.3 is 4.57 Å². The van der Waals surface area contributed by atoms with E-state index in [4.69, 9.17) is 0 Å². The normalized spacial score (nSPS) is 11.3. The first-order valence-electron chi connectivity index (χ1n) is 6.61. The summed E-state index contributed by atoms with van der Waals surface area (Å²) in [4.78, 5) is 17.7. The number of hydrogen-bond donors (Lipinski definition) is 1. The summed E-state index contributed by atoms with van der Waals surface area (Å²) < 4.78 is 1.69. The molecule has 0 saturated carbocycles. The van der Waals surface area contributed by atoms with Crippen molar-refractivity contribution < 1.29 is 0 Å². The molecule has 0 saturated heterocycles. The second-order valence-corrected chi connectivity index (χ2v) is 5.36. The van der Waals surface area contributed by atoms with Crippen LogP contribution in [0.15, 0.2) is 51.7 Å². The summed E-state index contributed by atoms with van der Waals surface area (Å²) in [5.41, 5.74) is 4.19. The lowest BCUT2D eigenvalue weighted by atomic mass is 10.3. The van der Waals surface area contributed by atoms with Gasteiger partial charge in [-0.05, 0) is 30.5 Å². The number of thiophene rings is 1. The fraction of sp³-hybridized carbons (Fsp3) is 0.133. The van der Waals surface area contributed by atoms with Crippen molar-refractivity contribution in [3.63, 3.8) is 0 Å². The van der Waals surface area contributed by atoms with Gasteiger partial charge in [0.25, 0.3) is 5.56 Å².